The Morgan fingerprint density at radius 1 is 1.43 bits per heavy atom. The van der Waals surface area contributed by atoms with Gasteiger partial charge in [-0.05, 0) is 30.7 Å². The number of aryl methyl sites for hydroxylation is 1. The monoisotopic (exact) mass is 408 g/mol. The number of hydrogen-bond donors (Lipinski definition) is 3. The highest BCUT2D eigenvalue weighted by molar-refractivity contribution is 5.98. The summed E-state index contributed by atoms with van der Waals surface area (Å²) < 4.78 is 5.17. The van der Waals surface area contributed by atoms with E-state index in [1.54, 1.807) is 24.0 Å². The van der Waals surface area contributed by atoms with Crippen LogP contribution < -0.4 is 15.4 Å². The summed E-state index contributed by atoms with van der Waals surface area (Å²) in [4.78, 5) is 40.7. The van der Waals surface area contributed by atoms with Gasteiger partial charge in [0, 0.05) is 23.9 Å². The molecule has 3 N–H and O–H groups in total. The third-order valence-corrected chi connectivity index (χ3v) is 4.55. The Hall–Kier alpha value is -4.06. The van der Waals surface area contributed by atoms with E-state index in [-0.39, 0.29) is 24.6 Å². The summed E-state index contributed by atoms with van der Waals surface area (Å²) in [5.74, 6) is 6.07. The van der Waals surface area contributed by atoms with Crippen molar-refractivity contribution < 1.29 is 24.2 Å². The van der Waals surface area contributed by atoms with Crippen LogP contribution in [0.25, 0.3) is 0 Å². The smallest absolute Gasteiger partial charge is 0.322 e. The lowest BCUT2D eigenvalue weighted by Crippen LogP contribution is -2.46. The molecule has 0 aliphatic carbocycles. The van der Waals surface area contributed by atoms with E-state index in [1.165, 1.54) is 19.4 Å². The summed E-state index contributed by atoms with van der Waals surface area (Å²) in [6.07, 6.45) is 1.75. The van der Waals surface area contributed by atoms with Crippen LogP contribution in [0.1, 0.15) is 27.2 Å². The van der Waals surface area contributed by atoms with E-state index in [2.05, 4.69) is 22.1 Å². The molecule has 1 aliphatic rings. The molecule has 0 bridgehead atoms. The molecule has 9 nitrogen and oxygen atoms in total. The number of rotatable bonds is 5. The standard InChI is InChI=1S/C21H20N4O5/c1-13-19(27)7-14(9-22-13)3-5-16(24-21(29)23-12-26)11-25-10-15-4-6-17(30-2)8-18(15)20(25)28/h4,6-9,12,16,27H,10-11H2,1-2H3,(H2,23,24,26,29)/t16-/m1/s1. The summed E-state index contributed by atoms with van der Waals surface area (Å²) in [6.45, 7) is 2.12. The van der Waals surface area contributed by atoms with Crippen molar-refractivity contribution in [2.24, 2.45) is 0 Å². The van der Waals surface area contributed by atoms with Crippen LogP contribution >= 0.6 is 0 Å². The minimum Gasteiger partial charge on any atom is -0.506 e. The average molecular weight is 408 g/mol. The molecular weight excluding hydrogens is 388 g/mol. The number of carbonyl (C=O) groups excluding carboxylic acids is 3. The van der Waals surface area contributed by atoms with E-state index >= 15 is 0 Å². The number of carbonyl (C=O) groups is 3. The van der Waals surface area contributed by atoms with Crippen molar-refractivity contribution in [2.75, 3.05) is 13.7 Å². The number of imide groups is 1. The molecule has 0 fully saturated rings. The highest BCUT2D eigenvalue weighted by atomic mass is 16.5. The second kappa shape index (κ2) is 8.96. The quantitative estimate of drug-likeness (QED) is 0.500. The predicted octanol–water partition coefficient (Wildman–Crippen LogP) is 0.936. The van der Waals surface area contributed by atoms with E-state index in [9.17, 15) is 19.5 Å². The Morgan fingerprint density at radius 3 is 2.93 bits per heavy atom. The number of aromatic hydroxyl groups is 1. The molecule has 1 atom stereocenters. The van der Waals surface area contributed by atoms with Gasteiger partial charge in [0.1, 0.15) is 17.5 Å². The lowest BCUT2D eigenvalue weighted by atomic mass is 10.1. The maximum atomic E-state index is 12.8. The highest BCUT2D eigenvalue weighted by Gasteiger charge is 2.29. The van der Waals surface area contributed by atoms with E-state index < -0.39 is 12.1 Å². The number of nitrogens with zero attached hydrogens (tertiary/aromatic N) is 2. The number of hydrogen-bond acceptors (Lipinski definition) is 6. The van der Waals surface area contributed by atoms with Gasteiger partial charge < -0.3 is 20.1 Å². The number of benzene rings is 1. The Labute approximate surface area is 173 Å². The van der Waals surface area contributed by atoms with E-state index in [0.29, 0.717) is 29.1 Å². The van der Waals surface area contributed by atoms with E-state index in [4.69, 9.17) is 4.74 Å². The number of fused-ring (bicyclic) bond motifs is 1. The number of pyridine rings is 1. The van der Waals surface area contributed by atoms with Gasteiger partial charge in [-0.25, -0.2) is 4.79 Å². The maximum Gasteiger partial charge on any atom is 0.322 e. The largest absolute Gasteiger partial charge is 0.506 e. The van der Waals surface area contributed by atoms with Crippen LogP contribution in [0.4, 0.5) is 4.79 Å². The lowest BCUT2D eigenvalue weighted by molar-refractivity contribution is -0.108. The van der Waals surface area contributed by atoms with Gasteiger partial charge in [0.05, 0.1) is 19.3 Å². The van der Waals surface area contributed by atoms with Crippen molar-refractivity contribution >= 4 is 18.3 Å². The fourth-order valence-electron chi connectivity index (χ4n) is 2.98. The highest BCUT2D eigenvalue weighted by Crippen LogP contribution is 2.26. The maximum absolute atomic E-state index is 12.8. The molecule has 0 unspecified atom stereocenters. The van der Waals surface area contributed by atoms with Crippen molar-refractivity contribution in [1.82, 2.24) is 20.5 Å². The van der Waals surface area contributed by atoms with Crippen LogP contribution in [0, 0.1) is 18.8 Å². The number of aromatic nitrogens is 1. The molecule has 4 amide bonds. The van der Waals surface area contributed by atoms with Crippen molar-refractivity contribution in [3.8, 4) is 23.3 Å². The molecule has 2 heterocycles. The minimum atomic E-state index is -0.770. The average Bonchev–Trinajstić information content (AvgIpc) is 3.03. The molecule has 0 saturated heterocycles. The molecule has 30 heavy (non-hydrogen) atoms. The summed E-state index contributed by atoms with van der Waals surface area (Å²) in [5.41, 5.74) is 2.29. The first-order valence-electron chi connectivity index (χ1n) is 9.05. The molecule has 0 radical (unpaired) electrons. The summed E-state index contributed by atoms with van der Waals surface area (Å²) in [6, 6.07) is 5.22. The van der Waals surface area contributed by atoms with Crippen molar-refractivity contribution in [1.29, 1.82) is 0 Å². The summed E-state index contributed by atoms with van der Waals surface area (Å²) in [5, 5.41) is 14.3. The molecule has 154 valence electrons. The summed E-state index contributed by atoms with van der Waals surface area (Å²) in [7, 11) is 1.53. The lowest BCUT2D eigenvalue weighted by Gasteiger charge is -2.21. The van der Waals surface area contributed by atoms with Gasteiger partial charge in [-0.3, -0.25) is 19.9 Å². The van der Waals surface area contributed by atoms with Crippen LogP contribution in [0.2, 0.25) is 0 Å². The SMILES string of the molecule is COc1ccc2c(c1)C(=O)N(C[C@@H](C#Cc1cnc(C)c(O)c1)NC(=O)NC=O)C2. The molecule has 0 spiro atoms. The number of ether oxygens (including phenoxy) is 1. The molecule has 1 aromatic carbocycles. The zero-order chi connectivity index (χ0) is 21.7. The third kappa shape index (κ3) is 4.67. The normalized spacial score (nSPS) is 13.0. The zero-order valence-corrected chi connectivity index (χ0v) is 16.4. The van der Waals surface area contributed by atoms with Gasteiger partial charge in [-0.1, -0.05) is 17.9 Å². The Bertz CT molecular complexity index is 1060. The first-order chi connectivity index (χ1) is 14.4. The van der Waals surface area contributed by atoms with E-state index in [1.807, 2.05) is 11.4 Å². The van der Waals surface area contributed by atoms with Gasteiger partial charge in [0.25, 0.3) is 5.91 Å². The second-order valence-electron chi connectivity index (χ2n) is 6.59. The number of amides is 4. The van der Waals surface area contributed by atoms with Crippen LogP contribution in [-0.4, -0.2) is 53.0 Å². The molecule has 9 heteroatoms. The van der Waals surface area contributed by atoms with Crippen molar-refractivity contribution in [2.45, 2.75) is 19.5 Å². The van der Waals surface area contributed by atoms with Gasteiger partial charge in [0.2, 0.25) is 6.41 Å². The minimum absolute atomic E-state index is 0.00382. The molecule has 0 saturated carbocycles. The fraction of sp³-hybridized carbons (Fsp3) is 0.238. The predicted molar refractivity (Wildman–Crippen MR) is 107 cm³/mol. The number of urea groups is 1. The van der Waals surface area contributed by atoms with Crippen molar-refractivity contribution in [3.05, 3.63) is 52.8 Å². The molecule has 1 aliphatic heterocycles. The second-order valence-corrected chi connectivity index (χ2v) is 6.59. The zero-order valence-electron chi connectivity index (χ0n) is 16.4. The Kier molecular flexibility index (Phi) is 6.17. The van der Waals surface area contributed by atoms with E-state index in [0.717, 1.165) is 5.56 Å². The molecule has 2 aromatic rings. The van der Waals surface area contributed by atoms with Crippen LogP contribution in [0.3, 0.4) is 0 Å². The Balaban J connectivity index is 1.80. The van der Waals surface area contributed by atoms with Gasteiger partial charge >= 0.3 is 6.03 Å². The fourth-order valence-corrected chi connectivity index (χ4v) is 2.98. The van der Waals surface area contributed by atoms with Gasteiger partial charge in [-0.15, -0.1) is 0 Å². The Morgan fingerprint density at radius 2 is 2.23 bits per heavy atom. The van der Waals surface area contributed by atoms with Gasteiger partial charge in [0.15, 0.2) is 0 Å². The third-order valence-electron chi connectivity index (χ3n) is 4.55. The molecular formula is C21H20N4O5. The molecule has 1 aromatic heterocycles. The first kappa shape index (κ1) is 20.7. The van der Waals surface area contributed by atoms with Crippen LogP contribution in [0.15, 0.2) is 30.5 Å². The van der Waals surface area contributed by atoms with Gasteiger partial charge in [-0.2, -0.15) is 0 Å². The number of methoxy groups -OCH3 is 1. The molecule has 3 rings (SSSR count). The van der Waals surface area contributed by atoms with Crippen molar-refractivity contribution in [3.63, 3.8) is 0 Å². The van der Waals surface area contributed by atoms with Crippen LogP contribution in [0.5, 0.6) is 11.5 Å². The van der Waals surface area contributed by atoms with Crippen LogP contribution in [-0.2, 0) is 11.3 Å². The topological polar surface area (TPSA) is 121 Å². The summed E-state index contributed by atoms with van der Waals surface area (Å²) >= 11 is 0. The number of nitrogens with one attached hydrogen (secondary N) is 2. The first-order valence-corrected chi connectivity index (χ1v) is 9.05.